The van der Waals surface area contributed by atoms with Gasteiger partial charge in [-0.25, -0.2) is 0 Å². The molecular formula is C14H20N2O. The fourth-order valence-corrected chi connectivity index (χ4v) is 3.30. The molecule has 0 saturated heterocycles. The van der Waals surface area contributed by atoms with Crippen LogP contribution in [-0.2, 0) is 0 Å². The molecule has 1 aromatic carbocycles. The Morgan fingerprint density at radius 3 is 2.71 bits per heavy atom. The van der Waals surface area contributed by atoms with Gasteiger partial charge in [0.05, 0.1) is 16.9 Å². The fraction of sp³-hybridized carbons (Fsp3) is 0.571. The van der Waals surface area contributed by atoms with Gasteiger partial charge in [0.15, 0.2) is 0 Å². The topological polar surface area (TPSA) is 35.5 Å². The van der Waals surface area contributed by atoms with E-state index in [0.29, 0.717) is 11.8 Å². The molecule has 1 saturated carbocycles. The highest BCUT2D eigenvalue weighted by Crippen LogP contribution is 2.47. The third-order valence-corrected chi connectivity index (χ3v) is 4.16. The molecule has 3 nitrogen and oxygen atoms in total. The number of aromatic hydroxyl groups is 1. The average molecular weight is 232 g/mol. The van der Waals surface area contributed by atoms with Gasteiger partial charge in [0.1, 0.15) is 5.75 Å². The molecule has 2 aliphatic rings. The van der Waals surface area contributed by atoms with E-state index in [1.54, 1.807) is 6.07 Å². The van der Waals surface area contributed by atoms with Crippen LogP contribution in [0.1, 0.15) is 33.1 Å². The van der Waals surface area contributed by atoms with E-state index in [0.717, 1.165) is 17.9 Å². The number of phenols is 1. The lowest BCUT2D eigenvalue weighted by atomic mass is 9.73. The van der Waals surface area contributed by atoms with Crippen LogP contribution >= 0.6 is 0 Å². The minimum atomic E-state index is 0.287. The first-order valence-corrected chi connectivity index (χ1v) is 6.49. The van der Waals surface area contributed by atoms with Crippen molar-refractivity contribution in [2.75, 3.05) is 16.8 Å². The maximum Gasteiger partial charge on any atom is 0.117 e. The molecule has 2 N–H and O–H groups in total. The number of rotatable bonds is 1. The van der Waals surface area contributed by atoms with Crippen LogP contribution in [0, 0.1) is 0 Å². The molecule has 0 bridgehead atoms. The van der Waals surface area contributed by atoms with Crippen molar-refractivity contribution >= 4 is 11.4 Å². The molecular weight excluding hydrogens is 212 g/mol. The summed E-state index contributed by atoms with van der Waals surface area (Å²) in [6.45, 7) is 5.50. The van der Waals surface area contributed by atoms with Gasteiger partial charge in [-0.1, -0.05) is 0 Å². The van der Waals surface area contributed by atoms with Crippen LogP contribution in [0.15, 0.2) is 18.2 Å². The van der Waals surface area contributed by atoms with Crippen LogP contribution in [-0.4, -0.2) is 23.2 Å². The molecule has 3 heteroatoms. The van der Waals surface area contributed by atoms with Crippen molar-refractivity contribution in [3.05, 3.63) is 18.2 Å². The first-order valence-electron chi connectivity index (χ1n) is 6.49. The predicted octanol–water partition coefficient (Wildman–Crippen LogP) is 2.96. The normalized spacial score (nSPS) is 21.0. The molecule has 0 unspecified atom stereocenters. The maximum atomic E-state index is 9.69. The highest BCUT2D eigenvalue weighted by molar-refractivity contribution is 5.76. The Balaban J connectivity index is 2.08. The summed E-state index contributed by atoms with van der Waals surface area (Å²) >= 11 is 0. The van der Waals surface area contributed by atoms with Crippen LogP contribution < -0.4 is 10.2 Å². The predicted molar refractivity (Wildman–Crippen MR) is 70.8 cm³/mol. The van der Waals surface area contributed by atoms with Gasteiger partial charge in [0, 0.05) is 18.7 Å². The average Bonchev–Trinajstić information content (AvgIpc) is 2.24. The molecule has 0 aromatic heterocycles. The molecule has 1 aliphatic carbocycles. The van der Waals surface area contributed by atoms with Gasteiger partial charge < -0.3 is 15.3 Å². The molecule has 1 fully saturated rings. The Hall–Kier alpha value is -1.38. The Morgan fingerprint density at radius 1 is 1.35 bits per heavy atom. The Labute approximate surface area is 102 Å². The Morgan fingerprint density at radius 2 is 2.12 bits per heavy atom. The van der Waals surface area contributed by atoms with E-state index >= 15 is 0 Å². The number of benzene rings is 1. The van der Waals surface area contributed by atoms with Crippen LogP contribution in [0.2, 0.25) is 0 Å². The highest BCUT2D eigenvalue weighted by atomic mass is 16.3. The minimum absolute atomic E-state index is 0.287. The van der Waals surface area contributed by atoms with Crippen LogP contribution in [0.4, 0.5) is 11.4 Å². The van der Waals surface area contributed by atoms with E-state index < -0.39 is 0 Å². The van der Waals surface area contributed by atoms with E-state index in [1.165, 1.54) is 19.3 Å². The van der Waals surface area contributed by atoms with E-state index in [4.69, 9.17) is 0 Å². The lowest BCUT2D eigenvalue weighted by Gasteiger charge is -2.56. The third kappa shape index (κ3) is 1.48. The van der Waals surface area contributed by atoms with E-state index in [9.17, 15) is 5.11 Å². The van der Waals surface area contributed by atoms with Crippen molar-refractivity contribution in [2.24, 2.45) is 0 Å². The molecule has 1 aromatic rings. The molecule has 1 spiro atoms. The SMILES string of the molecule is CC(C)N1c2cc(O)ccc2NCC12CCC2. The zero-order valence-electron chi connectivity index (χ0n) is 10.5. The van der Waals surface area contributed by atoms with Crippen molar-refractivity contribution in [1.82, 2.24) is 0 Å². The molecule has 3 rings (SSSR count). The summed E-state index contributed by atoms with van der Waals surface area (Å²) in [6, 6.07) is 6.09. The van der Waals surface area contributed by atoms with E-state index in [-0.39, 0.29) is 5.54 Å². The summed E-state index contributed by atoms with van der Waals surface area (Å²) < 4.78 is 0. The second-order valence-corrected chi connectivity index (χ2v) is 5.60. The second-order valence-electron chi connectivity index (χ2n) is 5.60. The van der Waals surface area contributed by atoms with Crippen molar-refractivity contribution < 1.29 is 5.11 Å². The highest BCUT2D eigenvalue weighted by Gasteiger charge is 2.46. The Kier molecular flexibility index (Phi) is 2.25. The zero-order valence-corrected chi connectivity index (χ0v) is 10.5. The molecule has 0 amide bonds. The summed E-state index contributed by atoms with van der Waals surface area (Å²) in [5.41, 5.74) is 2.59. The van der Waals surface area contributed by atoms with Gasteiger partial charge in [-0.15, -0.1) is 0 Å². The second kappa shape index (κ2) is 3.56. The van der Waals surface area contributed by atoms with Crippen LogP contribution in [0.3, 0.4) is 0 Å². The van der Waals surface area contributed by atoms with Gasteiger partial charge in [0.2, 0.25) is 0 Å². The molecule has 0 radical (unpaired) electrons. The third-order valence-electron chi connectivity index (χ3n) is 4.16. The van der Waals surface area contributed by atoms with Gasteiger partial charge >= 0.3 is 0 Å². The smallest absolute Gasteiger partial charge is 0.117 e. The van der Waals surface area contributed by atoms with E-state index in [2.05, 4.69) is 24.1 Å². The fourth-order valence-electron chi connectivity index (χ4n) is 3.30. The lowest BCUT2D eigenvalue weighted by Crippen LogP contribution is -2.62. The maximum absolute atomic E-state index is 9.69. The Bertz CT molecular complexity index is 438. The molecule has 0 atom stereocenters. The molecule has 92 valence electrons. The van der Waals surface area contributed by atoms with Gasteiger partial charge in [0.25, 0.3) is 0 Å². The molecule has 1 aliphatic heterocycles. The van der Waals surface area contributed by atoms with Gasteiger partial charge in [-0.3, -0.25) is 0 Å². The lowest BCUT2D eigenvalue weighted by molar-refractivity contribution is 0.226. The van der Waals surface area contributed by atoms with Crippen molar-refractivity contribution in [2.45, 2.75) is 44.7 Å². The quantitative estimate of drug-likeness (QED) is 0.731. The van der Waals surface area contributed by atoms with Crippen molar-refractivity contribution in [3.63, 3.8) is 0 Å². The number of hydrogen-bond acceptors (Lipinski definition) is 3. The zero-order chi connectivity index (χ0) is 12.0. The van der Waals surface area contributed by atoms with E-state index in [1.807, 2.05) is 12.1 Å². The van der Waals surface area contributed by atoms with Crippen LogP contribution in [0.25, 0.3) is 0 Å². The number of phenolic OH excluding ortho intramolecular Hbond substituents is 1. The monoisotopic (exact) mass is 232 g/mol. The summed E-state index contributed by atoms with van der Waals surface area (Å²) in [4.78, 5) is 2.50. The van der Waals surface area contributed by atoms with Crippen LogP contribution in [0.5, 0.6) is 5.75 Å². The largest absolute Gasteiger partial charge is 0.508 e. The van der Waals surface area contributed by atoms with Crippen molar-refractivity contribution in [3.8, 4) is 5.75 Å². The summed E-state index contributed by atoms with van der Waals surface area (Å²) in [7, 11) is 0. The molecule has 1 heterocycles. The first-order chi connectivity index (χ1) is 8.12. The number of hydrogen-bond donors (Lipinski definition) is 2. The number of anilines is 2. The number of nitrogens with zero attached hydrogens (tertiary/aromatic N) is 1. The van der Waals surface area contributed by atoms with Gasteiger partial charge in [-0.2, -0.15) is 0 Å². The minimum Gasteiger partial charge on any atom is -0.508 e. The summed E-state index contributed by atoms with van der Waals surface area (Å²) in [6.07, 6.45) is 3.83. The number of nitrogens with one attached hydrogen (secondary N) is 1. The number of fused-ring (bicyclic) bond motifs is 1. The summed E-state index contributed by atoms with van der Waals surface area (Å²) in [5.74, 6) is 0.354. The van der Waals surface area contributed by atoms with Crippen molar-refractivity contribution in [1.29, 1.82) is 0 Å². The van der Waals surface area contributed by atoms with Gasteiger partial charge in [-0.05, 0) is 45.2 Å². The standard InChI is InChI=1S/C14H20N2O/c1-10(2)16-13-8-11(17)4-5-12(13)15-9-14(16)6-3-7-14/h4-5,8,10,15,17H,3,6-7,9H2,1-2H3. The first kappa shape index (κ1) is 10.8. The molecule has 17 heavy (non-hydrogen) atoms. The summed E-state index contributed by atoms with van der Waals surface area (Å²) in [5, 5.41) is 13.2.